The molecule has 1 atom stereocenters. The fourth-order valence-electron chi connectivity index (χ4n) is 1.39. The number of hydrogen-bond donors (Lipinski definition) is 0. The number of ether oxygens (including phenoxy) is 2. The molecule has 0 bridgehead atoms. The third-order valence-electron chi connectivity index (χ3n) is 2.20. The molecule has 0 saturated carbocycles. The second-order valence-corrected chi connectivity index (χ2v) is 4.26. The third kappa shape index (κ3) is 2.98. The number of benzene rings is 1. The molecule has 0 aliphatic rings. The van der Waals surface area contributed by atoms with Gasteiger partial charge in [-0.2, -0.15) is 0 Å². The zero-order valence-corrected chi connectivity index (χ0v) is 11.2. The van der Waals surface area contributed by atoms with Crippen molar-refractivity contribution in [3.8, 4) is 5.75 Å². The zero-order chi connectivity index (χ0) is 12.1. The van der Waals surface area contributed by atoms with E-state index >= 15 is 0 Å². The normalized spacial score (nSPS) is 12.0. The van der Waals surface area contributed by atoms with E-state index in [-0.39, 0.29) is 5.97 Å². The lowest BCUT2D eigenvalue weighted by atomic mass is 10.1. The van der Waals surface area contributed by atoms with Gasteiger partial charge in [-0.3, -0.25) is 4.79 Å². The highest BCUT2D eigenvalue weighted by Crippen LogP contribution is 2.28. The Kier molecular flexibility index (Phi) is 4.80. The first-order valence-corrected chi connectivity index (χ1v) is 5.97. The Morgan fingerprint density at radius 2 is 2.19 bits per heavy atom. The summed E-state index contributed by atoms with van der Waals surface area (Å²) in [7, 11) is 1.37. The largest absolute Gasteiger partial charge is 0.494 e. The molecular formula is C12H15BrO3. The number of esters is 1. The highest BCUT2D eigenvalue weighted by Gasteiger charge is 2.18. The Morgan fingerprint density at radius 1 is 1.50 bits per heavy atom. The van der Waals surface area contributed by atoms with E-state index in [0.29, 0.717) is 6.61 Å². The minimum Gasteiger partial charge on any atom is -0.494 e. The second kappa shape index (κ2) is 5.89. The first-order chi connectivity index (χ1) is 7.60. The van der Waals surface area contributed by atoms with Gasteiger partial charge in [-0.15, -0.1) is 0 Å². The van der Waals surface area contributed by atoms with Gasteiger partial charge in [-0.25, -0.2) is 0 Å². The highest BCUT2D eigenvalue weighted by molar-refractivity contribution is 9.09. The Labute approximate surface area is 104 Å². The fourth-order valence-corrected chi connectivity index (χ4v) is 1.86. The molecule has 0 aliphatic carbocycles. The lowest BCUT2D eigenvalue weighted by Gasteiger charge is -2.11. The minimum atomic E-state index is -0.424. The Hall–Kier alpha value is -1.03. The molecule has 0 heterocycles. The van der Waals surface area contributed by atoms with Crippen LogP contribution < -0.4 is 4.74 Å². The second-order valence-electron chi connectivity index (χ2n) is 3.34. The van der Waals surface area contributed by atoms with Gasteiger partial charge >= 0.3 is 5.97 Å². The van der Waals surface area contributed by atoms with Crippen LogP contribution in [0.4, 0.5) is 0 Å². The van der Waals surface area contributed by atoms with Crippen LogP contribution in [0.3, 0.4) is 0 Å². The topological polar surface area (TPSA) is 35.5 Å². The molecular weight excluding hydrogens is 272 g/mol. The van der Waals surface area contributed by atoms with Crippen LogP contribution in [-0.2, 0) is 9.53 Å². The van der Waals surface area contributed by atoms with Gasteiger partial charge < -0.3 is 9.47 Å². The van der Waals surface area contributed by atoms with Gasteiger partial charge in [0.1, 0.15) is 10.6 Å². The molecule has 1 unspecified atom stereocenters. The molecule has 4 heteroatoms. The summed E-state index contributed by atoms with van der Waals surface area (Å²) >= 11 is 3.29. The molecule has 0 spiro atoms. The average Bonchev–Trinajstić information content (AvgIpc) is 2.30. The number of alkyl halides is 1. The summed E-state index contributed by atoms with van der Waals surface area (Å²) in [5.41, 5.74) is 1.88. The number of hydrogen-bond acceptors (Lipinski definition) is 3. The molecule has 1 aromatic carbocycles. The van der Waals surface area contributed by atoms with E-state index in [9.17, 15) is 4.79 Å². The van der Waals surface area contributed by atoms with E-state index in [0.717, 1.165) is 16.9 Å². The molecule has 88 valence electrons. The van der Waals surface area contributed by atoms with Crippen LogP contribution in [0, 0.1) is 6.92 Å². The number of rotatable bonds is 4. The molecule has 0 saturated heterocycles. The predicted octanol–water partition coefficient (Wildman–Crippen LogP) is 3.00. The molecule has 0 amide bonds. The van der Waals surface area contributed by atoms with Crippen LogP contribution in [-0.4, -0.2) is 19.7 Å². The van der Waals surface area contributed by atoms with Crippen LogP contribution in [0.25, 0.3) is 0 Å². The summed E-state index contributed by atoms with van der Waals surface area (Å²) in [6, 6.07) is 5.64. The van der Waals surface area contributed by atoms with E-state index in [1.807, 2.05) is 32.0 Å². The van der Waals surface area contributed by atoms with Gasteiger partial charge in [-0.05, 0) is 31.0 Å². The van der Waals surface area contributed by atoms with E-state index in [1.54, 1.807) is 0 Å². The Morgan fingerprint density at radius 3 is 2.69 bits per heavy atom. The first-order valence-electron chi connectivity index (χ1n) is 5.05. The summed E-state index contributed by atoms with van der Waals surface area (Å²) in [6.07, 6.45) is 0. The molecule has 1 rings (SSSR count). The number of carbonyl (C=O) groups excluding carboxylic acids is 1. The van der Waals surface area contributed by atoms with E-state index in [4.69, 9.17) is 4.74 Å². The van der Waals surface area contributed by atoms with E-state index in [2.05, 4.69) is 20.7 Å². The van der Waals surface area contributed by atoms with Gasteiger partial charge in [0.05, 0.1) is 13.7 Å². The standard InChI is InChI=1S/C12H15BrO3/c1-4-16-10-6-5-9(7-8(10)2)11(13)12(14)15-3/h5-7,11H,4H2,1-3H3. The summed E-state index contributed by atoms with van der Waals surface area (Å²) in [4.78, 5) is 10.9. The molecule has 0 N–H and O–H groups in total. The first kappa shape index (κ1) is 13.0. The van der Waals surface area contributed by atoms with E-state index < -0.39 is 4.83 Å². The van der Waals surface area contributed by atoms with Crippen LogP contribution in [0.5, 0.6) is 5.75 Å². The minimum absolute atomic E-state index is 0.302. The molecule has 0 fully saturated rings. The maximum absolute atomic E-state index is 11.3. The van der Waals surface area contributed by atoms with Crippen molar-refractivity contribution in [2.24, 2.45) is 0 Å². The lowest BCUT2D eigenvalue weighted by molar-refractivity contribution is -0.139. The van der Waals surface area contributed by atoms with Gasteiger partial charge in [0.25, 0.3) is 0 Å². The van der Waals surface area contributed by atoms with Crippen molar-refractivity contribution in [3.63, 3.8) is 0 Å². The summed E-state index contributed by atoms with van der Waals surface area (Å²) in [5.74, 6) is 0.541. The molecule has 0 aliphatic heterocycles. The van der Waals surface area contributed by atoms with Gasteiger partial charge in [0, 0.05) is 0 Å². The van der Waals surface area contributed by atoms with E-state index in [1.165, 1.54) is 7.11 Å². The van der Waals surface area contributed by atoms with Gasteiger partial charge in [0.15, 0.2) is 0 Å². The zero-order valence-electron chi connectivity index (χ0n) is 9.62. The fraction of sp³-hybridized carbons (Fsp3) is 0.417. The van der Waals surface area contributed by atoms with Crippen LogP contribution in [0.2, 0.25) is 0 Å². The molecule has 0 aromatic heterocycles. The Balaban J connectivity index is 2.92. The van der Waals surface area contributed by atoms with Crippen molar-refractivity contribution in [3.05, 3.63) is 29.3 Å². The number of methoxy groups -OCH3 is 1. The number of aryl methyl sites for hydroxylation is 1. The van der Waals surface area contributed by atoms with Crippen LogP contribution in [0.15, 0.2) is 18.2 Å². The van der Waals surface area contributed by atoms with Crippen molar-refractivity contribution in [1.82, 2.24) is 0 Å². The summed E-state index contributed by atoms with van der Waals surface area (Å²) in [5, 5.41) is 0. The van der Waals surface area contributed by atoms with Crippen molar-refractivity contribution in [2.75, 3.05) is 13.7 Å². The average molecular weight is 287 g/mol. The maximum Gasteiger partial charge on any atom is 0.323 e. The van der Waals surface area contributed by atoms with Crippen molar-refractivity contribution >= 4 is 21.9 Å². The molecule has 16 heavy (non-hydrogen) atoms. The van der Waals surface area contributed by atoms with Crippen LogP contribution >= 0.6 is 15.9 Å². The number of carbonyl (C=O) groups is 1. The molecule has 3 nitrogen and oxygen atoms in total. The quantitative estimate of drug-likeness (QED) is 0.631. The summed E-state index contributed by atoms with van der Waals surface area (Å²) in [6.45, 7) is 4.52. The Bertz CT molecular complexity index is 377. The van der Waals surface area contributed by atoms with Gasteiger partial charge in [-0.1, -0.05) is 28.1 Å². The van der Waals surface area contributed by atoms with Gasteiger partial charge in [0.2, 0.25) is 0 Å². The van der Waals surface area contributed by atoms with Crippen LogP contribution in [0.1, 0.15) is 22.9 Å². The predicted molar refractivity (Wildman–Crippen MR) is 66.0 cm³/mol. The smallest absolute Gasteiger partial charge is 0.323 e. The molecule has 1 aromatic rings. The third-order valence-corrected chi connectivity index (χ3v) is 3.10. The van der Waals surface area contributed by atoms with Crippen molar-refractivity contribution < 1.29 is 14.3 Å². The monoisotopic (exact) mass is 286 g/mol. The lowest BCUT2D eigenvalue weighted by Crippen LogP contribution is -2.08. The summed E-state index contributed by atoms with van der Waals surface area (Å²) < 4.78 is 10.1. The maximum atomic E-state index is 11.3. The van der Waals surface area contributed by atoms with Crippen molar-refractivity contribution in [1.29, 1.82) is 0 Å². The van der Waals surface area contributed by atoms with Crippen molar-refractivity contribution in [2.45, 2.75) is 18.7 Å². The molecule has 0 radical (unpaired) electrons. The number of halogens is 1. The highest BCUT2D eigenvalue weighted by atomic mass is 79.9. The SMILES string of the molecule is CCOc1ccc(C(Br)C(=O)OC)cc1C.